The summed E-state index contributed by atoms with van der Waals surface area (Å²) in [6.45, 7) is 0.931. The van der Waals surface area contributed by atoms with Crippen molar-refractivity contribution >= 4 is 11.8 Å². The molecule has 1 saturated heterocycles. The number of hydrogen-bond acceptors (Lipinski definition) is 5. The van der Waals surface area contributed by atoms with E-state index in [9.17, 15) is 9.59 Å². The highest BCUT2D eigenvalue weighted by atomic mass is 16.5. The van der Waals surface area contributed by atoms with E-state index in [4.69, 9.17) is 15.2 Å². The van der Waals surface area contributed by atoms with Crippen molar-refractivity contribution in [3.05, 3.63) is 54.9 Å². The second-order valence-corrected chi connectivity index (χ2v) is 6.16. The van der Waals surface area contributed by atoms with Gasteiger partial charge in [0.15, 0.2) is 6.61 Å². The average molecular weight is 355 g/mol. The molecule has 26 heavy (non-hydrogen) atoms. The zero-order valence-electron chi connectivity index (χ0n) is 14.3. The van der Waals surface area contributed by atoms with Gasteiger partial charge in [-0.05, 0) is 24.3 Å². The number of para-hydroxylation sites is 1. The Morgan fingerprint density at radius 3 is 2.42 bits per heavy atom. The Morgan fingerprint density at radius 1 is 1.04 bits per heavy atom. The lowest BCUT2D eigenvalue weighted by atomic mass is 9.96. The molecule has 1 aliphatic rings. The Balaban J connectivity index is 1.55. The number of ether oxygens (including phenoxy) is 2. The predicted octanol–water partition coefficient (Wildman–Crippen LogP) is 1.10. The number of amides is 2. The Labute approximate surface area is 151 Å². The molecule has 0 spiro atoms. The van der Waals surface area contributed by atoms with Gasteiger partial charge in [0, 0.05) is 31.4 Å². The van der Waals surface area contributed by atoms with E-state index < -0.39 is 11.8 Å². The summed E-state index contributed by atoms with van der Waals surface area (Å²) in [5.41, 5.74) is 5.51. The SMILES string of the molecule is NC(=O)[C@@H]1CN(C(=O)COc2ccccc2)C[C@H]1COc1ccncc1. The fraction of sp³-hybridized carbons (Fsp3) is 0.316. The number of carbonyl (C=O) groups is 2. The molecule has 0 unspecified atom stereocenters. The standard InChI is InChI=1S/C19H21N3O4/c20-19(24)17-11-22(18(23)13-26-15-4-2-1-3-5-15)10-14(17)12-25-16-6-8-21-9-7-16/h1-9,14,17H,10-13H2,(H2,20,24)/t14-,17+/m0/s1. The van der Waals surface area contributed by atoms with Gasteiger partial charge in [-0.25, -0.2) is 0 Å². The molecule has 3 rings (SSSR count). The lowest BCUT2D eigenvalue weighted by Crippen LogP contribution is -2.34. The van der Waals surface area contributed by atoms with E-state index >= 15 is 0 Å². The quantitative estimate of drug-likeness (QED) is 0.802. The first kappa shape index (κ1) is 17.7. The van der Waals surface area contributed by atoms with Crippen LogP contribution in [0.25, 0.3) is 0 Å². The van der Waals surface area contributed by atoms with Gasteiger partial charge in [0.1, 0.15) is 11.5 Å². The predicted molar refractivity (Wildman–Crippen MR) is 94.4 cm³/mol. The van der Waals surface area contributed by atoms with Gasteiger partial charge in [0.05, 0.1) is 12.5 Å². The summed E-state index contributed by atoms with van der Waals surface area (Å²) in [4.78, 5) is 29.7. The van der Waals surface area contributed by atoms with E-state index in [1.807, 2.05) is 18.2 Å². The van der Waals surface area contributed by atoms with Gasteiger partial charge in [-0.3, -0.25) is 14.6 Å². The lowest BCUT2D eigenvalue weighted by molar-refractivity contribution is -0.132. The molecule has 1 aliphatic heterocycles. The molecule has 2 atom stereocenters. The summed E-state index contributed by atoms with van der Waals surface area (Å²) < 4.78 is 11.2. The van der Waals surface area contributed by atoms with Crippen molar-refractivity contribution in [3.8, 4) is 11.5 Å². The van der Waals surface area contributed by atoms with Gasteiger partial charge in [-0.15, -0.1) is 0 Å². The number of nitrogens with zero attached hydrogens (tertiary/aromatic N) is 2. The minimum atomic E-state index is -0.433. The fourth-order valence-corrected chi connectivity index (χ4v) is 2.96. The van der Waals surface area contributed by atoms with Gasteiger partial charge < -0.3 is 20.1 Å². The molecule has 7 nitrogen and oxygen atoms in total. The van der Waals surface area contributed by atoms with Crippen LogP contribution < -0.4 is 15.2 Å². The molecule has 2 aromatic rings. The van der Waals surface area contributed by atoms with Crippen LogP contribution in [0.3, 0.4) is 0 Å². The van der Waals surface area contributed by atoms with Crippen molar-refractivity contribution < 1.29 is 19.1 Å². The topological polar surface area (TPSA) is 94.8 Å². The number of primary amides is 1. The lowest BCUT2D eigenvalue weighted by Gasteiger charge is -2.17. The highest BCUT2D eigenvalue weighted by Crippen LogP contribution is 2.25. The largest absolute Gasteiger partial charge is 0.493 e. The van der Waals surface area contributed by atoms with Crippen LogP contribution in [-0.4, -0.2) is 48.0 Å². The third kappa shape index (κ3) is 4.50. The number of pyridine rings is 1. The first-order valence-electron chi connectivity index (χ1n) is 8.41. The third-order valence-corrected chi connectivity index (χ3v) is 4.38. The molecular weight excluding hydrogens is 334 g/mol. The Hall–Kier alpha value is -3.09. The number of nitrogens with two attached hydrogens (primary N) is 1. The fourth-order valence-electron chi connectivity index (χ4n) is 2.96. The van der Waals surface area contributed by atoms with Gasteiger partial charge >= 0.3 is 0 Å². The van der Waals surface area contributed by atoms with E-state index in [0.717, 1.165) is 0 Å². The van der Waals surface area contributed by atoms with Crippen molar-refractivity contribution in [1.82, 2.24) is 9.88 Å². The van der Waals surface area contributed by atoms with Crippen molar-refractivity contribution in [2.45, 2.75) is 0 Å². The number of aromatic nitrogens is 1. The van der Waals surface area contributed by atoms with Crippen LogP contribution in [-0.2, 0) is 9.59 Å². The van der Waals surface area contributed by atoms with Crippen molar-refractivity contribution in [1.29, 1.82) is 0 Å². The molecule has 1 aromatic heterocycles. The second kappa shape index (κ2) is 8.33. The monoisotopic (exact) mass is 355 g/mol. The van der Waals surface area contributed by atoms with E-state index in [1.54, 1.807) is 41.6 Å². The molecule has 0 aliphatic carbocycles. The number of hydrogen-bond donors (Lipinski definition) is 1. The van der Waals surface area contributed by atoms with E-state index in [2.05, 4.69) is 4.98 Å². The van der Waals surface area contributed by atoms with Gasteiger partial charge in [-0.1, -0.05) is 18.2 Å². The Morgan fingerprint density at radius 2 is 1.73 bits per heavy atom. The van der Waals surface area contributed by atoms with Crippen LogP contribution in [0, 0.1) is 11.8 Å². The Kier molecular flexibility index (Phi) is 5.68. The molecule has 1 fully saturated rings. The summed E-state index contributed by atoms with van der Waals surface area (Å²) in [6.07, 6.45) is 3.26. The molecule has 2 N–H and O–H groups in total. The second-order valence-electron chi connectivity index (χ2n) is 6.16. The maximum Gasteiger partial charge on any atom is 0.260 e. The molecular formula is C19H21N3O4. The molecule has 2 amide bonds. The van der Waals surface area contributed by atoms with Crippen LogP contribution in [0.4, 0.5) is 0 Å². The number of carbonyl (C=O) groups excluding carboxylic acids is 2. The number of likely N-dealkylation sites (tertiary alicyclic amines) is 1. The highest BCUT2D eigenvalue weighted by molar-refractivity contribution is 5.82. The average Bonchev–Trinajstić information content (AvgIpc) is 3.11. The first-order valence-corrected chi connectivity index (χ1v) is 8.41. The maximum absolute atomic E-state index is 12.4. The first-order chi connectivity index (χ1) is 12.6. The van der Waals surface area contributed by atoms with Crippen molar-refractivity contribution in [2.24, 2.45) is 17.6 Å². The summed E-state index contributed by atoms with van der Waals surface area (Å²) in [5.74, 6) is 0.113. The normalized spacial score (nSPS) is 19.2. The van der Waals surface area contributed by atoms with Gasteiger partial charge in [0.2, 0.25) is 5.91 Å². The van der Waals surface area contributed by atoms with Crippen LogP contribution in [0.15, 0.2) is 54.9 Å². The minimum absolute atomic E-state index is 0.0760. The smallest absolute Gasteiger partial charge is 0.260 e. The van der Waals surface area contributed by atoms with Crippen molar-refractivity contribution in [3.63, 3.8) is 0 Å². The van der Waals surface area contributed by atoms with Gasteiger partial charge in [-0.2, -0.15) is 0 Å². The molecule has 0 radical (unpaired) electrons. The zero-order chi connectivity index (χ0) is 18.4. The molecule has 1 aromatic carbocycles. The Bertz CT molecular complexity index is 739. The molecule has 7 heteroatoms. The minimum Gasteiger partial charge on any atom is -0.493 e. The molecule has 2 heterocycles. The van der Waals surface area contributed by atoms with Crippen LogP contribution in [0.5, 0.6) is 11.5 Å². The van der Waals surface area contributed by atoms with E-state index in [0.29, 0.717) is 24.7 Å². The van der Waals surface area contributed by atoms with E-state index in [-0.39, 0.29) is 25.0 Å². The molecule has 0 saturated carbocycles. The molecule has 0 bridgehead atoms. The highest BCUT2D eigenvalue weighted by Gasteiger charge is 2.39. The summed E-state index contributed by atoms with van der Waals surface area (Å²) in [5, 5.41) is 0. The number of rotatable bonds is 7. The summed E-state index contributed by atoms with van der Waals surface area (Å²) in [6, 6.07) is 12.6. The maximum atomic E-state index is 12.4. The van der Waals surface area contributed by atoms with Crippen LogP contribution >= 0.6 is 0 Å². The van der Waals surface area contributed by atoms with E-state index in [1.165, 1.54) is 0 Å². The summed E-state index contributed by atoms with van der Waals surface area (Å²) >= 11 is 0. The zero-order valence-corrected chi connectivity index (χ0v) is 14.3. The molecule has 136 valence electrons. The number of benzene rings is 1. The van der Waals surface area contributed by atoms with Crippen LogP contribution in [0.2, 0.25) is 0 Å². The van der Waals surface area contributed by atoms with Gasteiger partial charge in [0.25, 0.3) is 5.91 Å². The third-order valence-electron chi connectivity index (χ3n) is 4.38. The van der Waals surface area contributed by atoms with Crippen LogP contribution in [0.1, 0.15) is 0 Å². The summed E-state index contributed by atoms with van der Waals surface area (Å²) in [7, 11) is 0. The van der Waals surface area contributed by atoms with Crippen molar-refractivity contribution in [2.75, 3.05) is 26.3 Å².